The van der Waals surface area contributed by atoms with Gasteiger partial charge in [-0.25, -0.2) is 10.2 Å². The van der Waals surface area contributed by atoms with Gasteiger partial charge in [0.1, 0.15) is 12.4 Å². The Morgan fingerprint density at radius 3 is 2.34 bits per heavy atom. The average molecular weight is 395 g/mol. The molecule has 0 atom stereocenters. The summed E-state index contributed by atoms with van der Waals surface area (Å²) in [7, 11) is 1.34. The van der Waals surface area contributed by atoms with E-state index in [9.17, 15) is 14.4 Å². The number of nitrogens with zero attached hydrogens (tertiary/aromatic N) is 1. The van der Waals surface area contributed by atoms with Crippen molar-refractivity contribution in [3.63, 3.8) is 0 Å². The smallest absolute Gasteiger partial charge is 0.337 e. The zero-order valence-electron chi connectivity index (χ0n) is 15.9. The minimum atomic E-state index is -0.786. The molecule has 3 rings (SSSR count). The highest BCUT2D eigenvalue weighted by Gasteiger charge is 2.26. The molecule has 2 amide bonds. The Balaban J connectivity index is 1.45. The van der Waals surface area contributed by atoms with E-state index in [-0.39, 0.29) is 12.0 Å². The normalized spacial score (nSPS) is 13.0. The summed E-state index contributed by atoms with van der Waals surface area (Å²) in [6, 6.07) is 14.2. The fraction of sp³-hybridized carbons (Fsp3) is 0.238. The molecule has 29 heavy (non-hydrogen) atoms. The molecule has 2 aromatic rings. The molecule has 1 saturated carbocycles. The first-order valence-corrected chi connectivity index (χ1v) is 9.09. The summed E-state index contributed by atoms with van der Waals surface area (Å²) in [6.07, 6.45) is 3.27. The van der Waals surface area contributed by atoms with Gasteiger partial charge in [0, 0.05) is 6.04 Å². The molecular weight excluding hydrogens is 374 g/mol. The second-order valence-corrected chi connectivity index (χ2v) is 6.49. The maximum atomic E-state index is 11.6. The zero-order chi connectivity index (χ0) is 20.6. The van der Waals surface area contributed by atoms with Gasteiger partial charge in [-0.2, -0.15) is 5.10 Å². The number of hydrogen-bond donors (Lipinski definition) is 2. The predicted molar refractivity (Wildman–Crippen MR) is 105 cm³/mol. The van der Waals surface area contributed by atoms with Crippen molar-refractivity contribution >= 4 is 24.0 Å². The van der Waals surface area contributed by atoms with Crippen LogP contribution in [-0.4, -0.2) is 37.1 Å². The summed E-state index contributed by atoms with van der Waals surface area (Å²) in [5, 5.41) is 6.36. The highest BCUT2D eigenvalue weighted by Crippen LogP contribution is 2.18. The summed E-state index contributed by atoms with van der Waals surface area (Å²) in [6.45, 7) is 0.348. The van der Waals surface area contributed by atoms with Crippen LogP contribution >= 0.6 is 0 Å². The number of amides is 2. The summed E-state index contributed by atoms with van der Waals surface area (Å²) in [5.41, 5.74) is 4.33. The van der Waals surface area contributed by atoms with E-state index in [4.69, 9.17) is 4.74 Å². The number of esters is 1. The van der Waals surface area contributed by atoms with Crippen molar-refractivity contribution in [1.29, 1.82) is 0 Å². The SMILES string of the molecule is COC(=O)c1ccc(COc2ccc(/C=N\NC(=O)C(=O)NC3CC3)cc2)cc1. The topological polar surface area (TPSA) is 106 Å². The van der Waals surface area contributed by atoms with Crippen molar-refractivity contribution in [3.05, 3.63) is 65.2 Å². The Morgan fingerprint density at radius 2 is 1.72 bits per heavy atom. The van der Waals surface area contributed by atoms with E-state index in [1.54, 1.807) is 48.5 Å². The quantitative estimate of drug-likeness (QED) is 0.322. The molecule has 0 radical (unpaired) electrons. The lowest BCUT2D eigenvalue weighted by atomic mass is 10.1. The zero-order valence-corrected chi connectivity index (χ0v) is 15.9. The van der Waals surface area contributed by atoms with Gasteiger partial charge in [0.2, 0.25) is 0 Å². The van der Waals surface area contributed by atoms with Crippen molar-refractivity contribution in [2.75, 3.05) is 7.11 Å². The lowest BCUT2D eigenvalue weighted by Crippen LogP contribution is -2.38. The van der Waals surface area contributed by atoms with Crippen molar-refractivity contribution in [3.8, 4) is 5.75 Å². The minimum absolute atomic E-state index is 0.121. The highest BCUT2D eigenvalue weighted by molar-refractivity contribution is 6.35. The molecular formula is C21H21N3O5. The van der Waals surface area contributed by atoms with Gasteiger partial charge in [0.05, 0.1) is 18.9 Å². The van der Waals surface area contributed by atoms with E-state index in [0.717, 1.165) is 24.0 Å². The average Bonchev–Trinajstić information content (AvgIpc) is 3.57. The van der Waals surface area contributed by atoms with E-state index in [1.807, 2.05) is 0 Å². The summed E-state index contributed by atoms with van der Waals surface area (Å²) in [4.78, 5) is 34.5. The maximum absolute atomic E-state index is 11.6. The van der Waals surface area contributed by atoms with Crippen LogP contribution in [0, 0.1) is 0 Å². The van der Waals surface area contributed by atoms with Gasteiger partial charge >= 0.3 is 17.8 Å². The molecule has 0 spiro atoms. The van der Waals surface area contributed by atoms with Gasteiger partial charge in [-0.15, -0.1) is 0 Å². The van der Waals surface area contributed by atoms with Crippen LogP contribution in [-0.2, 0) is 20.9 Å². The number of rotatable bonds is 7. The number of hydrogen-bond acceptors (Lipinski definition) is 6. The van der Waals surface area contributed by atoms with E-state index >= 15 is 0 Å². The third kappa shape index (κ3) is 6.17. The van der Waals surface area contributed by atoms with E-state index < -0.39 is 11.8 Å². The molecule has 2 aromatic carbocycles. The van der Waals surface area contributed by atoms with Crippen LogP contribution in [0.5, 0.6) is 5.75 Å². The molecule has 0 heterocycles. The molecule has 1 aliphatic rings. The van der Waals surface area contributed by atoms with Gasteiger partial charge in [0.15, 0.2) is 0 Å². The van der Waals surface area contributed by atoms with Crippen LogP contribution in [0.25, 0.3) is 0 Å². The van der Waals surface area contributed by atoms with Gasteiger partial charge < -0.3 is 14.8 Å². The fourth-order valence-electron chi connectivity index (χ4n) is 2.37. The number of methoxy groups -OCH3 is 1. The molecule has 0 unspecified atom stereocenters. The van der Waals surface area contributed by atoms with Crippen LogP contribution < -0.4 is 15.5 Å². The van der Waals surface area contributed by atoms with Crippen molar-refractivity contribution in [2.45, 2.75) is 25.5 Å². The van der Waals surface area contributed by atoms with E-state index in [0.29, 0.717) is 17.9 Å². The summed E-state index contributed by atoms with van der Waals surface area (Å²) < 4.78 is 10.4. The summed E-state index contributed by atoms with van der Waals surface area (Å²) in [5.74, 6) is -1.18. The number of carbonyl (C=O) groups excluding carboxylic acids is 3. The Morgan fingerprint density at radius 1 is 1.03 bits per heavy atom. The first kappa shape index (κ1) is 20.1. The molecule has 8 heteroatoms. The van der Waals surface area contributed by atoms with Gasteiger partial charge in [-0.3, -0.25) is 9.59 Å². The van der Waals surface area contributed by atoms with Gasteiger partial charge in [-0.05, 0) is 60.4 Å². The number of hydrazone groups is 1. The lowest BCUT2D eigenvalue weighted by molar-refractivity contribution is -0.139. The molecule has 0 saturated heterocycles. The third-order valence-corrected chi connectivity index (χ3v) is 4.16. The van der Waals surface area contributed by atoms with Crippen LogP contribution in [0.3, 0.4) is 0 Å². The Labute approximate surface area is 167 Å². The van der Waals surface area contributed by atoms with Crippen LogP contribution in [0.15, 0.2) is 53.6 Å². The van der Waals surface area contributed by atoms with E-state index in [2.05, 4.69) is 20.6 Å². The second kappa shape index (κ2) is 9.50. The Hall–Kier alpha value is -3.68. The molecule has 0 aliphatic heterocycles. The Kier molecular flexibility index (Phi) is 6.57. The first-order chi connectivity index (χ1) is 14.0. The lowest BCUT2D eigenvalue weighted by Gasteiger charge is -2.07. The van der Waals surface area contributed by atoms with Crippen molar-refractivity contribution in [1.82, 2.24) is 10.7 Å². The Bertz CT molecular complexity index is 903. The maximum Gasteiger partial charge on any atom is 0.337 e. The van der Waals surface area contributed by atoms with Crippen molar-refractivity contribution in [2.24, 2.45) is 5.10 Å². The molecule has 1 fully saturated rings. The molecule has 2 N–H and O–H groups in total. The van der Waals surface area contributed by atoms with Crippen LogP contribution in [0.1, 0.15) is 34.3 Å². The largest absolute Gasteiger partial charge is 0.489 e. The molecule has 150 valence electrons. The minimum Gasteiger partial charge on any atom is -0.489 e. The number of ether oxygens (including phenoxy) is 2. The molecule has 0 aromatic heterocycles. The fourth-order valence-corrected chi connectivity index (χ4v) is 2.37. The number of benzene rings is 2. The van der Waals surface area contributed by atoms with Crippen LogP contribution in [0.2, 0.25) is 0 Å². The van der Waals surface area contributed by atoms with Crippen LogP contribution in [0.4, 0.5) is 0 Å². The standard InChI is InChI=1S/C21H21N3O5/c1-28-21(27)16-6-2-15(3-7-16)13-29-18-10-4-14(5-11-18)12-22-24-20(26)19(25)23-17-8-9-17/h2-7,10-12,17H,8-9,13H2,1H3,(H,23,25)(H,24,26)/b22-12-. The van der Waals surface area contributed by atoms with Gasteiger partial charge in [0.25, 0.3) is 0 Å². The first-order valence-electron chi connectivity index (χ1n) is 9.09. The van der Waals surface area contributed by atoms with Crippen molar-refractivity contribution < 1.29 is 23.9 Å². The number of carbonyl (C=O) groups is 3. The number of nitrogens with one attached hydrogen (secondary N) is 2. The monoisotopic (exact) mass is 395 g/mol. The summed E-state index contributed by atoms with van der Waals surface area (Å²) >= 11 is 0. The molecule has 1 aliphatic carbocycles. The highest BCUT2D eigenvalue weighted by atomic mass is 16.5. The predicted octanol–water partition coefficient (Wildman–Crippen LogP) is 1.78. The van der Waals surface area contributed by atoms with Gasteiger partial charge in [-0.1, -0.05) is 12.1 Å². The third-order valence-electron chi connectivity index (χ3n) is 4.16. The molecule has 8 nitrogen and oxygen atoms in total. The van der Waals surface area contributed by atoms with E-state index in [1.165, 1.54) is 13.3 Å². The molecule has 0 bridgehead atoms. The second-order valence-electron chi connectivity index (χ2n) is 6.49.